The molecule has 0 spiro atoms. The molecule has 0 saturated carbocycles. The van der Waals surface area contributed by atoms with Crippen molar-refractivity contribution in [3.8, 4) is 11.3 Å². The fourth-order valence-electron chi connectivity index (χ4n) is 2.58. The summed E-state index contributed by atoms with van der Waals surface area (Å²) >= 11 is 5.97. The zero-order valence-corrected chi connectivity index (χ0v) is 12.6. The molecule has 114 valence electrons. The molecule has 0 aliphatic rings. The van der Waals surface area contributed by atoms with Gasteiger partial charge in [-0.3, -0.25) is 4.79 Å². The highest BCUT2D eigenvalue weighted by Gasteiger charge is 2.11. The summed E-state index contributed by atoms with van der Waals surface area (Å²) in [6.07, 6.45) is 1.71. The number of hydrogen-bond donors (Lipinski definition) is 2. The van der Waals surface area contributed by atoms with Crippen molar-refractivity contribution in [3.63, 3.8) is 0 Å². The molecule has 0 aliphatic heterocycles. The van der Waals surface area contributed by atoms with Crippen molar-refractivity contribution in [2.45, 2.75) is 6.54 Å². The lowest BCUT2D eigenvalue weighted by Crippen LogP contribution is -2.13. The Kier molecular flexibility index (Phi) is 3.10. The van der Waals surface area contributed by atoms with Crippen LogP contribution < -0.4 is 11.3 Å². The summed E-state index contributed by atoms with van der Waals surface area (Å²) in [5.41, 5.74) is 8.40. The minimum Gasteiger partial charge on any atom is -0.325 e. The van der Waals surface area contributed by atoms with Crippen LogP contribution in [0, 0.1) is 0 Å². The van der Waals surface area contributed by atoms with Gasteiger partial charge in [-0.25, -0.2) is 14.6 Å². The second-order valence-corrected chi connectivity index (χ2v) is 5.42. The topological polar surface area (TPSA) is 102 Å². The van der Waals surface area contributed by atoms with E-state index in [2.05, 4.69) is 20.3 Å². The van der Waals surface area contributed by atoms with Gasteiger partial charge < -0.3 is 5.73 Å². The Bertz CT molecular complexity index is 1100. The molecule has 0 bridgehead atoms. The van der Waals surface area contributed by atoms with Crippen LogP contribution in [0.15, 0.2) is 41.3 Å². The maximum absolute atomic E-state index is 11.9. The molecule has 0 aliphatic carbocycles. The highest BCUT2D eigenvalue weighted by molar-refractivity contribution is 6.29. The van der Waals surface area contributed by atoms with Gasteiger partial charge in [-0.1, -0.05) is 17.7 Å². The molecule has 3 heterocycles. The Morgan fingerprint density at radius 2 is 2.09 bits per heavy atom. The van der Waals surface area contributed by atoms with Gasteiger partial charge in [0.25, 0.3) is 5.56 Å². The quantitative estimate of drug-likeness (QED) is 0.584. The lowest BCUT2D eigenvalue weighted by molar-refractivity contribution is 0.900. The van der Waals surface area contributed by atoms with Crippen LogP contribution in [-0.4, -0.2) is 24.8 Å². The largest absolute Gasteiger partial charge is 0.325 e. The Morgan fingerprint density at radius 3 is 2.91 bits per heavy atom. The monoisotopic (exact) mass is 326 g/mol. The highest BCUT2D eigenvalue weighted by atomic mass is 35.5. The number of fused-ring (bicyclic) bond motifs is 2. The number of hydrogen-bond acceptors (Lipinski definition) is 5. The van der Waals surface area contributed by atoms with Gasteiger partial charge in [-0.05, 0) is 24.3 Å². The Hall–Kier alpha value is -2.77. The third kappa shape index (κ3) is 2.18. The van der Waals surface area contributed by atoms with Crippen molar-refractivity contribution in [1.82, 2.24) is 24.8 Å². The smallest absolute Gasteiger partial charge is 0.272 e. The van der Waals surface area contributed by atoms with E-state index in [0.717, 1.165) is 11.3 Å². The van der Waals surface area contributed by atoms with Crippen LogP contribution in [0.5, 0.6) is 0 Å². The van der Waals surface area contributed by atoms with E-state index in [4.69, 9.17) is 17.3 Å². The van der Waals surface area contributed by atoms with Gasteiger partial charge >= 0.3 is 0 Å². The highest BCUT2D eigenvalue weighted by Crippen LogP contribution is 2.25. The third-order valence-corrected chi connectivity index (χ3v) is 3.89. The van der Waals surface area contributed by atoms with E-state index in [1.807, 2.05) is 12.1 Å². The number of nitrogens with zero attached hydrogens (tertiary/aromatic N) is 4. The van der Waals surface area contributed by atoms with Crippen LogP contribution in [0.2, 0.25) is 5.15 Å². The molecule has 0 atom stereocenters. The lowest BCUT2D eigenvalue weighted by atomic mass is 10.1. The molecule has 1 aromatic carbocycles. The molecule has 0 fully saturated rings. The number of nitrogens with two attached hydrogens (primary N) is 1. The van der Waals surface area contributed by atoms with Crippen LogP contribution in [-0.2, 0) is 6.54 Å². The van der Waals surface area contributed by atoms with E-state index >= 15 is 0 Å². The van der Waals surface area contributed by atoms with Crippen molar-refractivity contribution in [1.29, 1.82) is 0 Å². The zero-order valence-electron chi connectivity index (χ0n) is 11.8. The first-order valence-corrected chi connectivity index (χ1v) is 7.27. The van der Waals surface area contributed by atoms with Crippen molar-refractivity contribution in [2.24, 2.45) is 5.73 Å². The standard InChI is InChI=1S/C15H11ClN6O/c16-13-3-4-14-18-7-12(22(14)21-13)8-1-2-9-10(5-8)11(6-17)19-20-15(9)23/h1-5,7H,6,17H2,(H,20,23). The molecule has 0 radical (unpaired) electrons. The Balaban J connectivity index is 2.01. The van der Waals surface area contributed by atoms with Crippen LogP contribution in [0.25, 0.3) is 27.7 Å². The summed E-state index contributed by atoms with van der Waals surface area (Å²) in [7, 11) is 0. The number of rotatable bonds is 2. The molecule has 3 N–H and O–H groups in total. The summed E-state index contributed by atoms with van der Waals surface area (Å²) in [6, 6.07) is 8.92. The molecule has 4 rings (SSSR count). The van der Waals surface area contributed by atoms with Crippen molar-refractivity contribution in [3.05, 3.63) is 57.7 Å². The number of H-pyrrole nitrogens is 1. The first-order chi connectivity index (χ1) is 11.2. The first kappa shape index (κ1) is 13.9. The number of halogens is 1. The number of imidazole rings is 1. The molecule has 4 aromatic rings. The fraction of sp³-hybridized carbons (Fsp3) is 0.0667. The molecule has 7 nitrogen and oxygen atoms in total. The van der Waals surface area contributed by atoms with Gasteiger partial charge in [-0.2, -0.15) is 10.2 Å². The predicted octanol–water partition coefficient (Wildman–Crippen LogP) is 1.74. The third-order valence-electron chi connectivity index (χ3n) is 3.69. The van der Waals surface area contributed by atoms with E-state index in [-0.39, 0.29) is 12.1 Å². The van der Waals surface area contributed by atoms with Gasteiger partial charge in [-0.15, -0.1) is 0 Å². The van der Waals surface area contributed by atoms with E-state index < -0.39 is 0 Å². The lowest BCUT2D eigenvalue weighted by Gasteiger charge is -2.06. The van der Waals surface area contributed by atoms with E-state index in [0.29, 0.717) is 27.3 Å². The Morgan fingerprint density at radius 1 is 1.22 bits per heavy atom. The number of nitrogens with one attached hydrogen (secondary N) is 1. The summed E-state index contributed by atoms with van der Waals surface area (Å²) in [6.45, 7) is 0.230. The molecule has 8 heteroatoms. The minimum absolute atomic E-state index is 0.230. The predicted molar refractivity (Wildman–Crippen MR) is 87.2 cm³/mol. The first-order valence-electron chi connectivity index (χ1n) is 6.89. The van der Waals surface area contributed by atoms with E-state index in [1.165, 1.54) is 0 Å². The molecular weight excluding hydrogens is 316 g/mol. The second kappa shape index (κ2) is 5.15. The van der Waals surface area contributed by atoms with Gasteiger partial charge in [0.05, 0.1) is 23.0 Å². The maximum atomic E-state index is 11.9. The van der Waals surface area contributed by atoms with Crippen LogP contribution in [0.4, 0.5) is 0 Å². The van der Waals surface area contributed by atoms with Crippen LogP contribution in [0.1, 0.15) is 5.69 Å². The molecule has 0 amide bonds. The van der Waals surface area contributed by atoms with Gasteiger partial charge in [0.2, 0.25) is 0 Å². The molecule has 23 heavy (non-hydrogen) atoms. The van der Waals surface area contributed by atoms with Gasteiger partial charge in [0, 0.05) is 17.5 Å². The normalized spacial score (nSPS) is 11.4. The molecular formula is C15H11ClN6O. The second-order valence-electron chi connectivity index (χ2n) is 5.03. The summed E-state index contributed by atoms with van der Waals surface area (Å²) in [5.74, 6) is 0. The van der Waals surface area contributed by atoms with Gasteiger partial charge in [0.1, 0.15) is 5.15 Å². The molecule has 3 aromatic heterocycles. The van der Waals surface area contributed by atoms with Crippen molar-refractivity contribution < 1.29 is 0 Å². The Labute approximate surface area is 134 Å². The SMILES string of the molecule is NCc1n[nH]c(=O)c2ccc(-c3cnc4ccc(Cl)nn34)cc12. The molecule has 0 unspecified atom stereocenters. The average molecular weight is 327 g/mol. The molecule has 0 saturated heterocycles. The van der Waals surface area contributed by atoms with Crippen LogP contribution in [0.3, 0.4) is 0 Å². The van der Waals surface area contributed by atoms with Crippen LogP contribution >= 0.6 is 11.6 Å². The van der Waals surface area contributed by atoms with Crippen molar-refractivity contribution in [2.75, 3.05) is 0 Å². The maximum Gasteiger partial charge on any atom is 0.272 e. The van der Waals surface area contributed by atoms with Crippen molar-refractivity contribution >= 4 is 28.0 Å². The summed E-state index contributed by atoms with van der Waals surface area (Å²) < 4.78 is 1.66. The number of benzene rings is 1. The summed E-state index contributed by atoms with van der Waals surface area (Å²) in [5, 5.41) is 12.4. The average Bonchev–Trinajstić information content (AvgIpc) is 2.98. The zero-order chi connectivity index (χ0) is 16.0. The van der Waals surface area contributed by atoms with Gasteiger partial charge in [0.15, 0.2) is 5.65 Å². The number of aromatic nitrogens is 5. The summed E-state index contributed by atoms with van der Waals surface area (Å²) in [4.78, 5) is 16.2. The fourth-order valence-corrected chi connectivity index (χ4v) is 2.72. The number of aromatic amines is 1. The van der Waals surface area contributed by atoms with E-state index in [1.54, 1.807) is 28.9 Å². The van der Waals surface area contributed by atoms with E-state index in [9.17, 15) is 4.79 Å². The minimum atomic E-state index is -0.247.